The van der Waals surface area contributed by atoms with Gasteiger partial charge in [-0.25, -0.2) is 0 Å². The van der Waals surface area contributed by atoms with E-state index in [0.29, 0.717) is 44.0 Å². The van der Waals surface area contributed by atoms with Gasteiger partial charge in [-0.3, -0.25) is 19.5 Å². The minimum absolute atomic E-state index is 0. The Kier molecular flexibility index (Phi) is 12.5. The van der Waals surface area contributed by atoms with E-state index in [0.717, 1.165) is 31.8 Å². The maximum atomic E-state index is 12.3. The van der Waals surface area contributed by atoms with Gasteiger partial charge >= 0.3 is 0 Å². The van der Waals surface area contributed by atoms with Crippen molar-refractivity contribution < 1.29 is 19.1 Å². The number of nitrogens with one attached hydrogen (secondary N) is 2. The molecule has 0 atom stereocenters. The molecule has 0 fully saturated rings. The Bertz CT molecular complexity index is 649. The molecule has 162 valence electrons. The molecule has 1 aliphatic rings. The Morgan fingerprint density at radius 1 is 0.966 bits per heavy atom. The number of hydrogen-bond donors (Lipinski definition) is 2. The highest BCUT2D eigenvalue weighted by atomic mass is 127. The molecule has 0 aromatic heterocycles. The van der Waals surface area contributed by atoms with Gasteiger partial charge in [0, 0.05) is 40.4 Å². The van der Waals surface area contributed by atoms with Gasteiger partial charge in [-0.05, 0) is 31.4 Å². The van der Waals surface area contributed by atoms with Gasteiger partial charge < -0.3 is 20.1 Å². The third kappa shape index (κ3) is 7.90. The number of guanidine groups is 1. The summed E-state index contributed by atoms with van der Waals surface area (Å²) in [6, 6.07) is 6.97. The van der Waals surface area contributed by atoms with Crippen molar-refractivity contribution in [3.63, 3.8) is 0 Å². The maximum absolute atomic E-state index is 12.3. The summed E-state index contributed by atoms with van der Waals surface area (Å²) in [6.45, 7) is 3.80. The number of carbonyl (C=O) groups excluding carboxylic acids is 2. The van der Waals surface area contributed by atoms with Gasteiger partial charge in [0.2, 0.25) is 0 Å². The van der Waals surface area contributed by atoms with Gasteiger partial charge in [-0.2, -0.15) is 0 Å². The second-order valence-electron chi connectivity index (χ2n) is 6.40. The fourth-order valence-corrected chi connectivity index (χ4v) is 2.89. The van der Waals surface area contributed by atoms with Crippen molar-refractivity contribution in [3.05, 3.63) is 35.4 Å². The molecule has 2 N–H and O–H groups in total. The fourth-order valence-electron chi connectivity index (χ4n) is 2.89. The van der Waals surface area contributed by atoms with Crippen LogP contribution in [0.15, 0.2) is 29.3 Å². The third-order valence-electron chi connectivity index (χ3n) is 4.39. The van der Waals surface area contributed by atoms with E-state index < -0.39 is 0 Å². The summed E-state index contributed by atoms with van der Waals surface area (Å²) in [4.78, 5) is 30.1. The molecule has 0 unspecified atom stereocenters. The standard InChI is InChI=1S/C20H30N4O4.HI/c1-21-20(23-11-7-13-28-15-14-27-2)22-10-5-6-12-24-18(25)16-8-3-4-9-17(16)19(24)26;/h3-4,8-9H,5-7,10-15H2,1-2H3,(H2,21,22,23);1H. The van der Waals surface area contributed by atoms with Crippen molar-refractivity contribution >= 4 is 41.8 Å². The lowest BCUT2D eigenvalue weighted by molar-refractivity contribution is 0.0651. The predicted octanol–water partition coefficient (Wildman–Crippen LogP) is 1.90. The van der Waals surface area contributed by atoms with Crippen LogP contribution in [-0.4, -0.2) is 76.3 Å². The van der Waals surface area contributed by atoms with Gasteiger partial charge in [0.15, 0.2) is 5.96 Å². The summed E-state index contributed by atoms with van der Waals surface area (Å²) in [5.74, 6) is 0.343. The molecular weight excluding hydrogens is 487 g/mol. The number of carbonyl (C=O) groups is 2. The van der Waals surface area contributed by atoms with Gasteiger partial charge in [0.25, 0.3) is 11.8 Å². The van der Waals surface area contributed by atoms with Crippen molar-refractivity contribution in [2.75, 3.05) is 53.6 Å². The summed E-state index contributed by atoms with van der Waals surface area (Å²) in [6.07, 6.45) is 2.45. The van der Waals surface area contributed by atoms with Crippen LogP contribution in [-0.2, 0) is 9.47 Å². The first-order chi connectivity index (χ1) is 13.7. The molecule has 1 aromatic carbocycles. The fraction of sp³-hybridized carbons (Fsp3) is 0.550. The first kappa shape index (κ1) is 25.3. The van der Waals surface area contributed by atoms with Crippen LogP contribution in [0.4, 0.5) is 0 Å². The smallest absolute Gasteiger partial charge is 0.261 e. The number of fused-ring (bicyclic) bond motifs is 1. The topological polar surface area (TPSA) is 92.3 Å². The quantitative estimate of drug-likeness (QED) is 0.144. The number of imide groups is 1. The molecule has 0 spiro atoms. The average molecular weight is 518 g/mol. The SMILES string of the molecule is CN=C(NCCCCN1C(=O)c2ccccc2C1=O)NCCCOCCOC.I. The molecule has 0 aliphatic carbocycles. The number of ether oxygens (including phenoxy) is 2. The van der Waals surface area contributed by atoms with Crippen LogP contribution < -0.4 is 10.6 Å². The number of aliphatic imine (C=N–C) groups is 1. The third-order valence-corrected chi connectivity index (χ3v) is 4.39. The number of nitrogens with zero attached hydrogens (tertiary/aromatic N) is 2. The Morgan fingerprint density at radius 3 is 2.17 bits per heavy atom. The number of amides is 2. The van der Waals surface area contributed by atoms with E-state index in [1.807, 2.05) is 0 Å². The van der Waals surface area contributed by atoms with E-state index >= 15 is 0 Å². The highest BCUT2D eigenvalue weighted by Crippen LogP contribution is 2.22. The van der Waals surface area contributed by atoms with Crippen LogP contribution >= 0.6 is 24.0 Å². The van der Waals surface area contributed by atoms with Crippen LogP contribution in [0.3, 0.4) is 0 Å². The lowest BCUT2D eigenvalue weighted by Gasteiger charge is -2.15. The van der Waals surface area contributed by atoms with Crippen molar-refractivity contribution in [2.45, 2.75) is 19.3 Å². The zero-order chi connectivity index (χ0) is 20.2. The van der Waals surface area contributed by atoms with E-state index in [1.165, 1.54) is 4.90 Å². The zero-order valence-electron chi connectivity index (χ0n) is 17.1. The highest BCUT2D eigenvalue weighted by molar-refractivity contribution is 14.0. The molecule has 0 bridgehead atoms. The van der Waals surface area contributed by atoms with Gasteiger partial charge in [-0.15, -0.1) is 24.0 Å². The summed E-state index contributed by atoms with van der Waals surface area (Å²) in [7, 11) is 3.38. The molecule has 1 aliphatic heterocycles. The van der Waals surface area contributed by atoms with Gasteiger partial charge in [-0.1, -0.05) is 12.1 Å². The minimum Gasteiger partial charge on any atom is -0.382 e. The Labute approximate surface area is 189 Å². The Hall–Kier alpha value is -1.72. The van der Waals surface area contributed by atoms with E-state index in [-0.39, 0.29) is 35.8 Å². The number of methoxy groups -OCH3 is 1. The van der Waals surface area contributed by atoms with E-state index in [9.17, 15) is 9.59 Å². The molecule has 9 heteroatoms. The van der Waals surface area contributed by atoms with Crippen LogP contribution in [0.5, 0.6) is 0 Å². The molecule has 0 saturated heterocycles. The Morgan fingerprint density at radius 2 is 1.59 bits per heavy atom. The predicted molar refractivity (Wildman–Crippen MR) is 123 cm³/mol. The highest BCUT2D eigenvalue weighted by Gasteiger charge is 2.34. The number of rotatable bonds is 12. The maximum Gasteiger partial charge on any atom is 0.261 e. The second kappa shape index (κ2) is 14.3. The van der Waals surface area contributed by atoms with Crippen LogP contribution in [0, 0.1) is 0 Å². The largest absolute Gasteiger partial charge is 0.382 e. The summed E-state index contributed by atoms with van der Waals surface area (Å²) >= 11 is 0. The molecule has 8 nitrogen and oxygen atoms in total. The average Bonchev–Trinajstić information content (AvgIpc) is 2.96. The molecule has 0 saturated carbocycles. The van der Waals surface area contributed by atoms with E-state index in [1.54, 1.807) is 38.4 Å². The summed E-state index contributed by atoms with van der Waals surface area (Å²) in [5.41, 5.74) is 1.00. The molecule has 1 heterocycles. The number of unbranched alkanes of at least 4 members (excludes halogenated alkanes) is 1. The van der Waals surface area contributed by atoms with Crippen LogP contribution in [0.25, 0.3) is 0 Å². The van der Waals surface area contributed by atoms with Crippen molar-refractivity contribution in [3.8, 4) is 0 Å². The summed E-state index contributed by atoms with van der Waals surface area (Å²) in [5, 5.41) is 6.46. The monoisotopic (exact) mass is 518 g/mol. The zero-order valence-corrected chi connectivity index (χ0v) is 19.4. The van der Waals surface area contributed by atoms with E-state index in [2.05, 4.69) is 15.6 Å². The molecule has 0 radical (unpaired) electrons. The molecule has 2 amide bonds. The molecular formula is C20H31IN4O4. The van der Waals surface area contributed by atoms with Crippen molar-refractivity contribution in [1.29, 1.82) is 0 Å². The van der Waals surface area contributed by atoms with Crippen molar-refractivity contribution in [2.24, 2.45) is 4.99 Å². The Balaban J connectivity index is 0.00000420. The lowest BCUT2D eigenvalue weighted by atomic mass is 10.1. The lowest BCUT2D eigenvalue weighted by Crippen LogP contribution is -2.38. The normalized spacial score (nSPS) is 13.3. The van der Waals surface area contributed by atoms with Crippen LogP contribution in [0.2, 0.25) is 0 Å². The van der Waals surface area contributed by atoms with Crippen LogP contribution in [0.1, 0.15) is 40.0 Å². The molecule has 29 heavy (non-hydrogen) atoms. The number of halogens is 1. The first-order valence-corrected chi connectivity index (χ1v) is 9.65. The molecule has 1 aromatic rings. The van der Waals surface area contributed by atoms with Gasteiger partial charge in [0.05, 0.1) is 24.3 Å². The number of benzene rings is 1. The summed E-state index contributed by atoms with van der Waals surface area (Å²) < 4.78 is 10.3. The van der Waals surface area contributed by atoms with Gasteiger partial charge in [0.1, 0.15) is 0 Å². The minimum atomic E-state index is -0.196. The first-order valence-electron chi connectivity index (χ1n) is 9.65. The second-order valence-corrected chi connectivity index (χ2v) is 6.40. The van der Waals surface area contributed by atoms with E-state index in [4.69, 9.17) is 9.47 Å². The number of hydrogen-bond acceptors (Lipinski definition) is 5. The molecule has 2 rings (SSSR count). The van der Waals surface area contributed by atoms with Crippen molar-refractivity contribution in [1.82, 2.24) is 15.5 Å².